The van der Waals surface area contributed by atoms with E-state index in [1.54, 1.807) is 0 Å². The van der Waals surface area contributed by atoms with Crippen LogP contribution in [0.4, 0.5) is 0 Å². The summed E-state index contributed by atoms with van der Waals surface area (Å²) >= 11 is 0. The molecule has 110 valence electrons. The third kappa shape index (κ3) is 4.17. The Balaban J connectivity index is 1.88. The van der Waals surface area contributed by atoms with Crippen LogP contribution >= 0.6 is 0 Å². The molecule has 0 aromatic heterocycles. The number of carbonyl (C=O) groups is 1. The first-order valence-corrected chi connectivity index (χ1v) is 7.76. The van der Waals surface area contributed by atoms with Crippen LogP contribution in [0.3, 0.4) is 0 Å². The Morgan fingerprint density at radius 1 is 1.20 bits per heavy atom. The monoisotopic (exact) mass is 274 g/mol. The van der Waals surface area contributed by atoms with Gasteiger partial charge < -0.3 is 4.74 Å². The summed E-state index contributed by atoms with van der Waals surface area (Å²) < 4.78 is 5.69. The highest BCUT2D eigenvalue weighted by Crippen LogP contribution is 2.20. The maximum atomic E-state index is 12.2. The molecule has 1 unspecified atom stereocenters. The van der Waals surface area contributed by atoms with Crippen LogP contribution in [0.5, 0.6) is 0 Å². The smallest absolute Gasteiger partial charge is 0.137 e. The molecule has 1 aliphatic heterocycles. The molecule has 1 aromatic rings. The van der Waals surface area contributed by atoms with E-state index in [1.165, 1.54) is 35.1 Å². The maximum absolute atomic E-state index is 12.2. The fourth-order valence-corrected chi connectivity index (χ4v) is 3.13. The van der Waals surface area contributed by atoms with Crippen molar-refractivity contribution in [2.24, 2.45) is 0 Å². The molecule has 2 rings (SSSR count). The van der Waals surface area contributed by atoms with Crippen LogP contribution in [0.25, 0.3) is 0 Å². The van der Waals surface area contributed by atoms with Crippen LogP contribution in [0.2, 0.25) is 0 Å². The molecule has 20 heavy (non-hydrogen) atoms. The normalized spacial score (nSPS) is 19.1. The molecule has 1 saturated heterocycles. The molecule has 1 aliphatic rings. The highest BCUT2D eigenvalue weighted by atomic mass is 16.5. The topological polar surface area (TPSA) is 26.3 Å². The van der Waals surface area contributed by atoms with E-state index < -0.39 is 0 Å². The summed E-state index contributed by atoms with van der Waals surface area (Å²) in [7, 11) is 0. The number of hydrogen-bond acceptors (Lipinski definition) is 2. The zero-order chi connectivity index (χ0) is 14.5. The Labute approximate surface area is 122 Å². The van der Waals surface area contributed by atoms with Gasteiger partial charge in [0.1, 0.15) is 5.78 Å². The molecule has 1 atom stereocenters. The van der Waals surface area contributed by atoms with E-state index in [0.717, 1.165) is 19.4 Å². The lowest BCUT2D eigenvalue weighted by molar-refractivity contribution is -0.119. The predicted molar refractivity (Wildman–Crippen MR) is 82.2 cm³/mol. The van der Waals surface area contributed by atoms with Crippen molar-refractivity contribution in [3.05, 3.63) is 34.4 Å². The van der Waals surface area contributed by atoms with Gasteiger partial charge >= 0.3 is 0 Å². The van der Waals surface area contributed by atoms with Gasteiger partial charge in [-0.2, -0.15) is 0 Å². The van der Waals surface area contributed by atoms with Gasteiger partial charge in [0.05, 0.1) is 6.10 Å². The van der Waals surface area contributed by atoms with E-state index in [9.17, 15) is 4.79 Å². The van der Waals surface area contributed by atoms with Gasteiger partial charge in [0.15, 0.2) is 0 Å². The number of ether oxygens (including phenoxy) is 1. The second-order valence-electron chi connectivity index (χ2n) is 6.12. The Hall–Kier alpha value is -1.15. The minimum Gasteiger partial charge on any atom is -0.378 e. The van der Waals surface area contributed by atoms with Crippen molar-refractivity contribution < 1.29 is 9.53 Å². The third-order valence-electron chi connectivity index (χ3n) is 4.23. The number of carbonyl (C=O) groups excluding carboxylic acids is 1. The minimum atomic E-state index is 0.313. The number of hydrogen-bond donors (Lipinski definition) is 0. The van der Waals surface area contributed by atoms with Gasteiger partial charge in [-0.15, -0.1) is 0 Å². The van der Waals surface area contributed by atoms with Crippen LogP contribution in [0.1, 0.15) is 54.4 Å². The summed E-state index contributed by atoms with van der Waals surface area (Å²) in [5.41, 5.74) is 4.96. The fraction of sp³-hybridized carbons (Fsp3) is 0.611. The van der Waals surface area contributed by atoms with Crippen molar-refractivity contribution in [2.75, 3.05) is 6.61 Å². The minimum absolute atomic E-state index is 0.313. The second kappa shape index (κ2) is 7.03. The average Bonchev–Trinajstić information content (AvgIpc) is 2.42. The summed E-state index contributed by atoms with van der Waals surface area (Å²) in [4.78, 5) is 12.2. The van der Waals surface area contributed by atoms with E-state index in [4.69, 9.17) is 4.74 Å². The summed E-state index contributed by atoms with van der Waals surface area (Å²) in [6.45, 7) is 7.18. The molecule has 0 amide bonds. The largest absolute Gasteiger partial charge is 0.378 e. The molecule has 1 aromatic carbocycles. The summed E-state index contributed by atoms with van der Waals surface area (Å²) in [5.74, 6) is 0.342. The fourth-order valence-electron chi connectivity index (χ4n) is 3.13. The lowest BCUT2D eigenvalue weighted by Gasteiger charge is -2.22. The molecule has 0 N–H and O–H groups in total. The first-order valence-electron chi connectivity index (χ1n) is 7.76. The Kier molecular flexibility index (Phi) is 5.36. The molecular formula is C18H26O2. The van der Waals surface area contributed by atoms with Crippen LogP contribution in [-0.4, -0.2) is 18.5 Å². The third-order valence-corrected chi connectivity index (χ3v) is 4.23. The lowest BCUT2D eigenvalue weighted by atomic mass is 9.94. The highest BCUT2D eigenvalue weighted by molar-refractivity contribution is 5.81. The zero-order valence-corrected chi connectivity index (χ0v) is 13.0. The van der Waals surface area contributed by atoms with Crippen molar-refractivity contribution >= 4 is 5.78 Å². The number of rotatable bonds is 5. The van der Waals surface area contributed by atoms with Gasteiger partial charge in [0, 0.05) is 19.4 Å². The van der Waals surface area contributed by atoms with Gasteiger partial charge in [-0.25, -0.2) is 0 Å². The quantitative estimate of drug-likeness (QED) is 0.809. The van der Waals surface area contributed by atoms with E-state index >= 15 is 0 Å². The van der Waals surface area contributed by atoms with Gasteiger partial charge in [0.2, 0.25) is 0 Å². The SMILES string of the molecule is Cc1cc(C)c(CC(=O)CCC2CCCCO2)c(C)c1. The summed E-state index contributed by atoms with van der Waals surface area (Å²) in [6, 6.07) is 4.33. The van der Waals surface area contributed by atoms with Gasteiger partial charge in [-0.05, 0) is 63.1 Å². The van der Waals surface area contributed by atoms with E-state index in [0.29, 0.717) is 24.7 Å². The first-order chi connectivity index (χ1) is 9.56. The number of ketones is 1. The summed E-state index contributed by atoms with van der Waals surface area (Å²) in [6.07, 6.45) is 5.97. The van der Waals surface area contributed by atoms with E-state index in [-0.39, 0.29) is 0 Å². The van der Waals surface area contributed by atoms with Crippen LogP contribution in [-0.2, 0) is 16.0 Å². The maximum Gasteiger partial charge on any atom is 0.137 e. The van der Waals surface area contributed by atoms with Crippen molar-refractivity contribution in [1.82, 2.24) is 0 Å². The van der Waals surface area contributed by atoms with Crippen molar-refractivity contribution in [2.45, 2.75) is 65.4 Å². The number of aryl methyl sites for hydroxylation is 3. The molecule has 1 fully saturated rings. The zero-order valence-electron chi connectivity index (χ0n) is 13.0. The van der Waals surface area contributed by atoms with Crippen LogP contribution in [0, 0.1) is 20.8 Å². The van der Waals surface area contributed by atoms with E-state index in [2.05, 4.69) is 32.9 Å². The lowest BCUT2D eigenvalue weighted by Crippen LogP contribution is -2.20. The van der Waals surface area contributed by atoms with Crippen molar-refractivity contribution in [3.8, 4) is 0 Å². The van der Waals surface area contributed by atoms with Gasteiger partial charge in [-0.3, -0.25) is 4.79 Å². The number of benzene rings is 1. The highest BCUT2D eigenvalue weighted by Gasteiger charge is 2.16. The second-order valence-corrected chi connectivity index (χ2v) is 6.12. The standard InChI is InChI=1S/C18H26O2/c1-13-10-14(2)18(15(3)11-13)12-16(19)7-8-17-6-4-5-9-20-17/h10-11,17H,4-9,12H2,1-3H3. The molecule has 1 heterocycles. The molecule has 2 nitrogen and oxygen atoms in total. The molecule has 0 saturated carbocycles. The van der Waals surface area contributed by atoms with Crippen LogP contribution in [0.15, 0.2) is 12.1 Å². The van der Waals surface area contributed by atoms with Crippen LogP contribution < -0.4 is 0 Å². The van der Waals surface area contributed by atoms with Gasteiger partial charge in [0.25, 0.3) is 0 Å². The van der Waals surface area contributed by atoms with Gasteiger partial charge in [-0.1, -0.05) is 17.7 Å². The molecule has 2 heteroatoms. The predicted octanol–water partition coefficient (Wildman–Crippen LogP) is 4.07. The molecular weight excluding hydrogens is 248 g/mol. The number of Topliss-reactive ketones (excluding diaryl/α,β-unsaturated/α-hetero) is 1. The van der Waals surface area contributed by atoms with Crippen molar-refractivity contribution in [3.63, 3.8) is 0 Å². The summed E-state index contributed by atoms with van der Waals surface area (Å²) in [5, 5.41) is 0. The Bertz CT molecular complexity index is 447. The first kappa shape index (κ1) is 15.2. The van der Waals surface area contributed by atoms with E-state index in [1.807, 2.05) is 0 Å². The molecule has 0 spiro atoms. The molecule has 0 aliphatic carbocycles. The average molecular weight is 274 g/mol. The Morgan fingerprint density at radius 2 is 1.90 bits per heavy atom. The van der Waals surface area contributed by atoms with Crippen molar-refractivity contribution in [1.29, 1.82) is 0 Å². The molecule has 0 bridgehead atoms. The Morgan fingerprint density at radius 3 is 2.50 bits per heavy atom. The molecule has 0 radical (unpaired) electrons.